The van der Waals surface area contributed by atoms with E-state index in [1.165, 1.54) is 10.9 Å². The number of rotatable bonds is 6. The first kappa shape index (κ1) is 23.4. The average molecular weight is 476 g/mol. The van der Waals surface area contributed by atoms with Gasteiger partial charge in [-0.2, -0.15) is 18.0 Å². The summed E-state index contributed by atoms with van der Waals surface area (Å²) in [6.45, 7) is 6.96. The van der Waals surface area contributed by atoms with Crippen molar-refractivity contribution in [2.45, 2.75) is 57.6 Å². The SMILES string of the molecule is CC(C)(C)OC(=O)n1ccc2c(N3CCN(S(=O)(=O)NCCCC#N)C4(CC4)C3)ncnc21. The number of anilines is 1. The number of nitriles is 1. The molecule has 2 aromatic heterocycles. The van der Waals surface area contributed by atoms with Crippen LogP contribution in [0, 0.1) is 11.3 Å². The van der Waals surface area contributed by atoms with Crippen molar-refractivity contribution >= 4 is 33.2 Å². The van der Waals surface area contributed by atoms with E-state index in [1.54, 1.807) is 37.3 Å². The van der Waals surface area contributed by atoms with Crippen molar-refractivity contribution in [3.05, 3.63) is 18.6 Å². The Morgan fingerprint density at radius 1 is 1.30 bits per heavy atom. The van der Waals surface area contributed by atoms with Crippen molar-refractivity contribution in [1.29, 1.82) is 5.26 Å². The molecule has 1 N–H and O–H groups in total. The Kier molecular flexibility index (Phi) is 6.07. The van der Waals surface area contributed by atoms with E-state index < -0.39 is 27.4 Å². The highest BCUT2D eigenvalue weighted by Crippen LogP contribution is 2.46. The molecule has 11 nitrogen and oxygen atoms in total. The highest BCUT2D eigenvalue weighted by molar-refractivity contribution is 7.87. The molecule has 1 spiro atoms. The molecular formula is C21H29N7O4S. The lowest BCUT2D eigenvalue weighted by atomic mass is 10.2. The number of ether oxygens (including phenoxy) is 1. The lowest BCUT2D eigenvalue weighted by Crippen LogP contribution is -2.59. The number of hydrogen-bond donors (Lipinski definition) is 1. The van der Waals surface area contributed by atoms with Crippen molar-refractivity contribution in [3.63, 3.8) is 0 Å². The second-order valence-corrected chi connectivity index (χ2v) is 11.2. The maximum atomic E-state index is 12.9. The first-order valence-electron chi connectivity index (χ1n) is 11.0. The Balaban J connectivity index is 1.53. The molecule has 1 saturated carbocycles. The Bertz CT molecular complexity index is 1190. The van der Waals surface area contributed by atoms with Gasteiger partial charge in [-0.25, -0.2) is 24.1 Å². The molecule has 0 unspecified atom stereocenters. The lowest BCUT2D eigenvalue weighted by molar-refractivity contribution is 0.0543. The maximum absolute atomic E-state index is 12.9. The number of unbranched alkanes of at least 4 members (excludes halogenated alkanes) is 1. The Hall–Kier alpha value is -2.75. The molecule has 178 valence electrons. The fourth-order valence-corrected chi connectivity index (χ4v) is 5.79. The smallest absolute Gasteiger partial charge is 0.420 e. The minimum Gasteiger partial charge on any atom is -0.443 e. The number of carbonyl (C=O) groups excluding carboxylic acids is 1. The summed E-state index contributed by atoms with van der Waals surface area (Å²) < 4.78 is 36.8. The molecule has 1 aliphatic carbocycles. The number of fused-ring (bicyclic) bond motifs is 1. The molecule has 1 aliphatic heterocycles. The van der Waals surface area contributed by atoms with E-state index in [4.69, 9.17) is 10.00 Å². The zero-order valence-corrected chi connectivity index (χ0v) is 19.9. The van der Waals surface area contributed by atoms with Crippen molar-refractivity contribution in [3.8, 4) is 6.07 Å². The number of nitrogens with one attached hydrogen (secondary N) is 1. The van der Waals surface area contributed by atoms with Crippen molar-refractivity contribution in [2.75, 3.05) is 31.1 Å². The maximum Gasteiger partial charge on any atom is 0.420 e. The Morgan fingerprint density at radius 2 is 2.06 bits per heavy atom. The zero-order chi connectivity index (χ0) is 23.9. The van der Waals surface area contributed by atoms with E-state index in [1.807, 2.05) is 6.07 Å². The molecular weight excluding hydrogens is 446 g/mol. The predicted molar refractivity (Wildman–Crippen MR) is 122 cm³/mol. The number of carbonyl (C=O) groups is 1. The predicted octanol–water partition coefficient (Wildman–Crippen LogP) is 2.01. The van der Waals surface area contributed by atoms with Crippen LogP contribution in [-0.4, -0.2) is 70.7 Å². The Labute approximate surface area is 193 Å². The van der Waals surface area contributed by atoms with Crippen LogP contribution in [0.2, 0.25) is 0 Å². The molecule has 2 fully saturated rings. The van der Waals surface area contributed by atoms with Crippen LogP contribution in [0.1, 0.15) is 46.5 Å². The highest BCUT2D eigenvalue weighted by atomic mass is 32.2. The van der Waals surface area contributed by atoms with Gasteiger partial charge in [0.05, 0.1) is 17.0 Å². The number of nitrogens with zero attached hydrogens (tertiary/aromatic N) is 6. The molecule has 33 heavy (non-hydrogen) atoms. The van der Waals surface area contributed by atoms with Crippen LogP contribution in [0.5, 0.6) is 0 Å². The number of hydrogen-bond acceptors (Lipinski definition) is 8. The third kappa shape index (κ3) is 4.80. The van der Waals surface area contributed by atoms with Gasteiger partial charge in [0.2, 0.25) is 0 Å². The monoisotopic (exact) mass is 475 g/mol. The van der Waals surface area contributed by atoms with Crippen LogP contribution in [0.25, 0.3) is 11.0 Å². The zero-order valence-electron chi connectivity index (χ0n) is 19.1. The molecule has 4 rings (SSSR count). The van der Waals surface area contributed by atoms with E-state index in [2.05, 4.69) is 19.6 Å². The summed E-state index contributed by atoms with van der Waals surface area (Å²) in [6.07, 6.45) is 4.86. The highest BCUT2D eigenvalue weighted by Gasteiger charge is 2.56. The summed E-state index contributed by atoms with van der Waals surface area (Å²) in [5.41, 5.74) is -0.648. The van der Waals surface area contributed by atoms with Gasteiger partial charge >= 0.3 is 6.09 Å². The summed E-state index contributed by atoms with van der Waals surface area (Å²) in [6, 6.07) is 3.81. The molecule has 0 aromatic carbocycles. The van der Waals surface area contributed by atoms with Gasteiger partial charge in [-0.05, 0) is 46.1 Å². The normalized spacial score (nSPS) is 18.4. The summed E-state index contributed by atoms with van der Waals surface area (Å²) in [7, 11) is -3.63. The molecule has 3 heterocycles. The molecule has 2 aromatic rings. The van der Waals surface area contributed by atoms with Crippen molar-refractivity contribution < 1.29 is 17.9 Å². The average Bonchev–Trinajstić information content (AvgIpc) is 3.33. The quantitative estimate of drug-likeness (QED) is 0.627. The second kappa shape index (κ2) is 8.55. The van der Waals surface area contributed by atoms with Gasteiger partial charge in [-0.3, -0.25) is 0 Å². The van der Waals surface area contributed by atoms with E-state index >= 15 is 0 Å². The largest absolute Gasteiger partial charge is 0.443 e. The fourth-order valence-electron chi connectivity index (χ4n) is 4.16. The second-order valence-electron chi connectivity index (χ2n) is 9.48. The molecule has 0 bridgehead atoms. The summed E-state index contributed by atoms with van der Waals surface area (Å²) in [5, 5.41) is 9.36. The first-order valence-corrected chi connectivity index (χ1v) is 12.5. The van der Waals surface area contributed by atoms with Crippen LogP contribution in [0.4, 0.5) is 10.6 Å². The van der Waals surface area contributed by atoms with Crippen molar-refractivity contribution in [2.24, 2.45) is 0 Å². The fraction of sp³-hybridized carbons (Fsp3) is 0.619. The van der Waals surface area contributed by atoms with Crippen LogP contribution in [-0.2, 0) is 14.9 Å². The van der Waals surface area contributed by atoms with Gasteiger partial charge in [-0.15, -0.1) is 0 Å². The number of aromatic nitrogens is 3. The minimum absolute atomic E-state index is 0.247. The topological polar surface area (TPSA) is 133 Å². The van der Waals surface area contributed by atoms with Crippen LogP contribution in [0.3, 0.4) is 0 Å². The molecule has 0 amide bonds. The first-order chi connectivity index (χ1) is 15.6. The standard InChI is InChI=1S/C21H29N7O4S/c1-20(2,3)32-19(29)27-11-6-16-17(23-15-24-18(16)27)26-12-13-28(21(14-26)7-8-21)33(30,31)25-10-5-4-9-22/h6,11,15,25H,4-5,7-8,10,12-14H2,1-3H3. The molecule has 0 atom stereocenters. The summed E-state index contributed by atoms with van der Waals surface area (Å²) in [4.78, 5) is 23.4. The summed E-state index contributed by atoms with van der Waals surface area (Å²) >= 11 is 0. The van der Waals surface area contributed by atoms with Crippen LogP contribution < -0.4 is 9.62 Å². The minimum atomic E-state index is -3.63. The molecule has 12 heteroatoms. The van der Waals surface area contributed by atoms with Gasteiger partial charge in [-0.1, -0.05) is 0 Å². The third-order valence-corrected chi connectivity index (χ3v) is 7.52. The third-order valence-electron chi connectivity index (χ3n) is 5.80. The van der Waals surface area contributed by atoms with E-state index in [9.17, 15) is 13.2 Å². The molecule has 1 saturated heterocycles. The number of piperazine rings is 1. The molecule has 2 aliphatic rings. The Morgan fingerprint density at radius 3 is 2.73 bits per heavy atom. The molecule has 0 radical (unpaired) electrons. The van der Waals surface area contributed by atoms with Gasteiger partial charge < -0.3 is 9.64 Å². The lowest BCUT2D eigenvalue weighted by Gasteiger charge is -2.41. The van der Waals surface area contributed by atoms with Crippen LogP contribution >= 0.6 is 0 Å². The van der Waals surface area contributed by atoms with Crippen molar-refractivity contribution in [1.82, 2.24) is 23.6 Å². The van der Waals surface area contributed by atoms with Gasteiger partial charge in [0.1, 0.15) is 17.7 Å². The van der Waals surface area contributed by atoms with E-state index in [-0.39, 0.29) is 6.54 Å². The van der Waals surface area contributed by atoms with Crippen LogP contribution in [0.15, 0.2) is 18.6 Å². The summed E-state index contributed by atoms with van der Waals surface area (Å²) in [5.74, 6) is 0.674. The van der Waals surface area contributed by atoms with Gasteiger partial charge in [0.15, 0.2) is 5.65 Å². The van der Waals surface area contributed by atoms with Gasteiger partial charge in [0.25, 0.3) is 10.2 Å². The van der Waals surface area contributed by atoms with Gasteiger partial charge in [0, 0.05) is 38.8 Å². The van der Waals surface area contributed by atoms with E-state index in [0.717, 1.165) is 12.8 Å². The van der Waals surface area contributed by atoms with E-state index in [0.29, 0.717) is 49.3 Å².